The Labute approximate surface area is 167 Å². The van der Waals surface area contributed by atoms with Crippen LogP contribution in [0.25, 0.3) is 0 Å². The van der Waals surface area contributed by atoms with Gasteiger partial charge in [-0.1, -0.05) is 0 Å². The van der Waals surface area contributed by atoms with Crippen molar-refractivity contribution in [1.82, 2.24) is 5.32 Å². The Balaban J connectivity index is 2.69. The lowest BCUT2D eigenvalue weighted by molar-refractivity contribution is -0.385. The van der Waals surface area contributed by atoms with E-state index < -0.39 is 29.1 Å². The zero-order valence-electron chi connectivity index (χ0n) is 16.5. The SMILES string of the molecule is CCOC(=O)CCCNC(=O)COC(=O)c1cc(OCC)c(OC)cc1[N+](=O)[O-]. The fraction of sp³-hybridized carbons (Fsp3) is 0.500. The zero-order chi connectivity index (χ0) is 21.8. The number of benzene rings is 1. The maximum Gasteiger partial charge on any atom is 0.345 e. The van der Waals surface area contributed by atoms with Gasteiger partial charge in [-0.3, -0.25) is 19.7 Å². The molecule has 0 aromatic heterocycles. The molecule has 0 saturated heterocycles. The van der Waals surface area contributed by atoms with E-state index in [1.54, 1.807) is 13.8 Å². The Morgan fingerprint density at radius 1 is 1.10 bits per heavy atom. The first-order valence-electron chi connectivity index (χ1n) is 8.92. The number of carbonyl (C=O) groups is 3. The smallest absolute Gasteiger partial charge is 0.345 e. The van der Waals surface area contributed by atoms with Crippen molar-refractivity contribution >= 4 is 23.5 Å². The normalized spacial score (nSPS) is 10.0. The third-order valence-electron chi connectivity index (χ3n) is 3.52. The number of nitrogens with one attached hydrogen (secondary N) is 1. The molecule has 160 valence electrons. The summed E-state index contributed by atoms with van der Waals surface area (Å²) in [5, 5.41) is 13.7. The van der Waals surface area contributed by atoms with Crippen LogP contribution in [0.15, 0.2) is 12.1 Å². The summed E-state index contributed by atoms with van der Waals surface area (Å²) in [5.41, 5.74) is -0.903. The molecule has 1 aromatic rings. The van der Waals surface area contributed by atoms with Crippen molar-refractivity contribution in [2.75, 3.05) is 33.5 Å². The zero-order valence-corrected chi connectivity index (χ0v) is 16.5. The maximum atomic E-state index is 12.3. The molecule has 0 bridgehead atoms. The maximum absolute atomic E-state index is 12.3. The molecule has 0 aliphatic rings. The van der Waals surface area contributed by atoms with Gasteiger partial charge in [0.05, 0.1) is 31.3 Å². The van der Waals surface area contributed by atoms with Crippen molar-refractivity contribution in [3.05, 3.63) is 27.8 Å². The third kappa shape index (κ3) is 7.64. The highest BCUT2D eigenvalue weighted by Gasteiger charge is 2.26. The van der Waals surface area contributed by atoms with E-state index in [1.807, 2.05) is 0 Å². The molecule has 0 unspecified atom stereocenters. The van der Waals surface area contributed by atoms with Crippen LogP contribution in [0.4, 0.5) is 5.69 Å². The molecule has 0 aliphatic carbocycles. The number of hydrogen-bond donors (Lipinski definition) is 1. The highest BCUT2D eigenvalue weighted by atomic mass is 16.6. The van der Waals surface area contributed by atoms with Crippen molar-refractivity contribution in [2.45, 2.75) is 26.7 Å². The lowest BCUT2D eigenvalue weighted by Gasteiger charge is -2.11. The second-order valence-electron chi connectivity index (χ2n) is 5.54. The number of ether oxygens (including phenoxy) is 4. The third-order valence-corrected chi connectivity index (χ3v) is 3.52. The van der Waals surface area contributed by atoms with Crippen LogP contribution in [0.3, 0.4) is 0 Å². The van der Waals surface area contributed by atoms with Crippen molar-refractivity contribution in [2.24, 2.45) is 0 Å². The lowest BCUT2D eigenvalue weighted by Crippen LogP contribution is -2.30. The van der Waals surface area contributed by atoms with Crippen LogP contribution in [0, 0.1) is 10.1 Å². The van der Waals surface area contributed by atoms with E-state index in [1.165, 1.54) is 7.11 Å². The number of amides is 1. The number of nitro groups is 1. The second kappa shape index (κ2) is 12.2. The van der Waals surface area contributed by atoms with Crippen LogP contribution in [-0.2, 0) is 19.1 Å². The van der Waals surface area contributed by atoms with Crippen LogP contribution in [0.5, 0.6) is 11.5 Å². The minimum Gasteiger partial charge on any atom is -0.493 e. The number of carbonyl (C=O) groups excluding carboxylic acids is 3. The quantitative estimate of drug-likeness (QED) is 0.234. The minimum atomic E-state index is -1.05. The Hall–Kier alpha value is -3.37. The first kappa shape index (κ1) is 23.7. The standard InChI is InChI=1S/C18H24N2O9/c1-4-27-15-9-12(13(20(24)25)10-14(15)26-3)18(23)29-11-16(21)19-8-6-7-17(22)28-5-2/h9-10H,4-8,11H2,1-3H3,(H,19,21). The predicted molar refractivity (Wildman–Crippen MR) is 100.0 cm³/mol. The average Bonchev–Trinajstić information content (AvgIpc) is 2.69. The summed E-state index contributed by atoms with van der Waals surface area (Å²) in [5.74, 6) is -1.80. The fourth-order valence-corrected chi connectivity index (χ4v) is 2.25. The highest BCUT2D eigenvalue weighted by Crippen LogP contribution is 2.35. The molecular formula is C18H24N2O9. The van der Waals surface area contributed by atoms with E-state index in [0.717, 1.165) is 12.1 Å². The van der Waals surface area contributed by atoms with Gasteiger partial charge >= 0.3 is 11.9 Å². The van der Waals surface area contributed by atoms with Gasteiger partial charge in [-0.2, -0.15) is 0 Å². The monoisotopic (exact) mass is 412 g/mol. The van der Waals surface area contributed by atoms with Gasteiger partial charge < -0.3 is 24.3 Å². The Morgan fingerprint density at radius 3 is 2.41 bits per heavy atom. The van der Waals surface area contributed by atoms with E-state index in [-0.39, 0.29) is 49.2 Å². The number of nitro benzene ring substituents is 1. The molecule has 0 spiro atoms. The molecule has 0 aliphatic heterocycles. The summed E-state index contributed by atoms with van der Waals surface area (Å²) >= 11 is 0. The number of nitrogens with zero attached hydrogens (tertiary/aromatic N) is 1. The van der Waals surface area contributed by atoms with Gasteiger partial charge in [0.15, 0.2) is 18.1 Å². The summed E-state index contributed by atoms with van der Waals surface area (Å²) in [6.07, 6.45) is 0.506. The van der Waals surface area contributed by atoms with Crippen molar-refractivity contribution < 1.29 is 38.3 Å². The molecule has 0 radical (unpaired) electrons. The van der Waals surface area contributed by atoms with Gasteiger partial charge in [-0.25, -0.2) is 4.79 Å². The van der Waals surface area contributed by atoms with Crippen LogP contribution >= 0.6 is 0 Å². The van der Waals surface area contributed by atoms with Gasteiger partial charge in [0, 0.05) is 19.0 Å². The Morgan fingerprint density at radius 2 is 1.83 bits per heavy atom. The molecule has 1 rings (SSSR count). The molecule has 0 fully saturated rings. The summed E-state index contributed by atoms with van der Waals surface area (Å²) in [4.78, 5) is 45.7. The molecule has 1 N–H and O–H groups in total. The largest absolute Gasteiger partial charge is 0.493 e. The summed E-state index contributed by atoms with van der Waals surface area (Å²) in [7, 11) is 1.31. The average molecular weight is 412 g/mol. The van der Waals surface area contributed by atoms with E-state index in [0.29, 0.717) is 6.42 Å². The van der Waals surface area contributed by atoms with Crippen molar-refractivity contribution in [3.8, 4) is 11.5 Å². The Bertz CT molecular complexity index is 749. The number of esters is 2. The summed E-state index contributed by atoms with van der Waals surface area (Å²) < 4.78 is 20.0. The second-order valence-corrected chi connectivity index (χ2v) is 5.54. The minimum absolute atomic E-state index is 0.0921. The summed E-state index contributed by atoms with van der Waals surface area (Å²) in [6, 6.07) is 2.19. The molecule has 1 aromatic carbocycles. The van der Waals surface area contributed by atoms with E-state index >= 15 is 0 Å². The first-order valence-corrected chi connectivity index (χ1v) is 8.92. The molecule has 0 saturated carbocycles. The molecule has 0 heterocycles. The number of rotatable bonds is 12. The Kier molecular flexibility index (Phi) is 9.92. The summed E-state index contributed by atoms with van der Waals surface area (Å²) in [6.45, 7) is 3.47. The molecule has 11 nitrogen and oxygen atoms in total. The van der Waals surface area contributed by atoms with Crippen LogP contribution in [-0.4, -0.2) is 56.2 Å². The van der Waals surface area contributed by atoms with Crippen LogP contribution in [0.1, 0.15) is 37.0 Å². The van der Waals surface area contributed by atoms with Gasteiger partial charge in [0.1, 0.15) is 5.56 Å². The predicted octanol–water partition coefficient (Wildman–Crippen LogP) is 1.62. The van der Waals surface area contributed by atoms with Gasteiger partial charge in [-0.05, 0) is 20.3 Å². The van der Waals surface area contributed by atoms with Crippen LogP contribution < -0.4 is 14.8 Å². The van der Waals surface area contributed by atoms with Gasteiger partial charge in [0.2, 0.25) is 0 Å². The van der Waals surface area contributed by atoms with Crippen molar-refractivity contribution in [1.29, 1.82) is 0 Å². The number of methoxy groups -OCH3 is 1. The first-order chi connectivity index (χ1) is 13.8. The van der Waals surface area contributed by atoms with Gasteiger partial charge in [-0.15, -0.1) is 0 Å². The number of hydrogen-bond acceptors (Lipinski definition) is 9. The molecule has 0 atom stereocenters. The topological polar surface area (TPSA) is 143 Å². The molecular weight excluding hydrogens is 388 g/mol. The molecule has 1 amide bonds. The fourth-order valence-electron chi connectivity index (χ4n) is 2.25. The van der Waals surface area contributed by atoms with E-state index in [4.69, 9.17) is 18.9 Å². The van der Waals surface area contributed by atoms with Crippen molar-refractivity contribution in [3.63, 3.8) is 0 Å². The highest BCUT2D eigenvalue weighted by molar-refractivity contribution is 5.96. The lowest BCUT2D eigenvalue weighted by atomic mass is 10.1. The molecule has 29 heavy (non-hydrogen) atoms. The van der Waals surface area contributed by atoms with E-state index in [2.05, 4.69) is 5.32 Å². The molecule has 11 heteroatoms. The van der Waals surface area contributed by atoms with E-state index in [9.17, 15) is 24.5 Å². The van der Waals surface area contributed by atoms with Crippen LogP contribution in [0.2, 0.25) is 0 Å². The van der Waals surface area contributed by atoms with Gasteiger partial charge in [0.25, 0.3) is 11.6 Å².